The maximum atomic E-state index is 13.4. The lowest BCUT2D eigenvalue weighted by molar-refractivity contribution is -0.138. The van der Waals surface area contributed by atoms with Gasteiger partial charge in [-0.05, 0) is 75.2 Å². The molecular weight excluding hydrogens is 587 g/mol. The number of nitriles is 1. The summed E-state index contributed by atoms with van der Waals surface area (Å²) in [5.41, 5.74) is -1.14. The van der Waals surface area contributed by atoms with Gasteiger partial charge < -0.3 is 10.2 Å². The number of hydrogen-bond donors (Lipinski definition) is 1. The number of piperazine rings is 1. The van der Waals surface area contributed by atoms with Crippen LogP contribution < -0.4 is 10.2 Å². The Morgan fingerprint density at radius 1 is 1.00 bits per heavy atom. The van der Waals surface area contributed by atoms with Gasteiger partial charge in [-0.2, -0.15) is 22.7 Å². The molecule has 14 heteroatoms. The summed E-state index contributed by atoms with van der Waals surface area (Å²) in [6, 6.07) is 10.2. The average Bonchev–Trinajstić information content (AvgIpc) is 3.17. The fourth-order valence-electron chi connectivity index (χ4n) is 5.11. The van der Waals surface area contributed by atoms with Crippen molar-refractivity contribution in [2.24, 2.45) is 0 Å². The number of unbranched alkanes of at least 4 members (excludes halogenated alkanes) is 1. The fraction of sp³-hybridized carbons (Fsp3) is 0.379. The number of rotatable bonds is 9. The zero-order valence-electron chi connectivity index (χ0n) is 23.6. The largest absolute Gasteiger partial charge is 0.417 e. The number of alkyl halides is 3. The van der Waals surface area contributed by atoms with E-state index in [2.05, 4.69) is 10.2 Å². The number of carbonyl (C=O) groups is 3. The highest BCUT2D eigenvalue weighted by molar-refractivity contribution is 7.89. The predicted octanol–water partition coefficient (Wildman–Crippen LogP) is 3.90. The van der Waals surface area contributed by atoms with E-state index >= 15 is 0 Å². The summed E-state index contributed by atoms with van der Waals surface area (Å²) < 4.78 is 67.7. The van der Waals surface area contributed by atoms with Crippen molar-refractivity contribution in [3.8, 4) is 6.07 Å². The molecule has 10 nitrogen and oxygen atoms in total. The standard InChI is InChI=1S/C29H30F3N5O5S/c1-19-25(28(40)37(27(19)39)23-9-6-21(18-33)26(17-23)29(30,31)32)5-3-4-12-35-13-15-36(16-14-35)43(41,42)24-10-7-22(8-11-24)34-20(2)38/h6-11,17H,3-5,12-16H2,1-2H3,(H,34,38). The Balaban J connectivity index is 1.28. The van der Waals surface area contributed by atoms with Gasteiger partial charge in [-0.25, -0.2) is 13.3 Å². The minimum atomic E-state index is -4.83. The van der Waals surface area contributed by atoms with E-state index in [0.717, 1.165) is 12.1 Å². The number of nitrogens with zero attached hydrogens (tertiary/aromatic N) is 4. The molecule has 0 atom stereocenters. The van der Waals surface area contributed by atoms with Gasteiger partial charge in [0.15, 0.2) is 0 Å². The number of carbonyl (C=O) groups excluding carboxylic acids is 3. The maximum Gasteiger partial charge on any atom is 0.417 e. The fourth-order valence-corrected chi connectivity index (χ4v) is 6.53. The molecule has 2 aromatic carbocycles. The van der Waals surface area contributed by atoms with E-state index in [-0.39, 0.29) is 34.1 Å². The van der Waals surface area contributed by atoms with Crippen LogP contribution in [0.25, 0.3) is 0 Å². The van der Waals surface area contributed by atoms with Gasteiger partial charge in [0.2, 0.25) is 15.9 Å². The van der Waals surface area contributed by atoms with Crippen LogP contribution in [0.1, 0.15) is 44.2 Å². The lowest BCUT2D eigenvalue weighted by atomic mass is 10.0. The molecule has 3 amide bonds. The molecule has 1 N–H and O–H groups in total. The molecular formula is C29H30F3N5O5S. The molecule has 0 spiro atoms. The summed E-state index contributed by atoms with van der Waals surface area (Å²) in [5.74, 6) is -1.63. The smallest absolute Gasteiger partial charge is 0.326 e. The van der Waals surface area contributed by atoms with Crippen LogP contribution in [0.4, 0.5) is 24.5 Å². The monoisotopic (exact) mass is 617 g/mol. The van der Waals surface area contributed by atoms with Crippen molar-refractivity contribution >= 4 is 39.1 Å². The Morgan fingerprint density at radius 3 is 2.23 bits per heavy atom. The van der Waals surface area contributed by atoms with Gasteiger partial charge >= 0.3 is 6.18 Å². The zero-order chi connectivity index (χ0) is 31.5. The van der Waals surface area contributed by atoms with Crippen molar-refractivity contribution < 1.29 is 36.0 Å². The third-order valence-electron chi connectivity index (χ3n) is 7.42. The highest BCUT2D eigenvalue weighted by Gasteiger charge is 2.39. The minimum absolute atomic E-state index is 0.138. The van der Waals surface area contributed by atoms with Crippen molar-refractivity contribution in [3.05, 3.63) is 64.7 Å². The van der Waals surface area contributed by atoms with Gasteiger partial charge in [-0.1, -0.05) is 0 Å². The number of hydrogen-bond acceptors (Lipinski definition) is 7. The summed E-state index contributed by atoms with van der Waals surface area (Å²) in [6.45, 7) is 5.09. The van der Waals surface area contributed by atoms with E-state index in [9.17, 15) is 36.0 Å². The molecule has 1 fully saturated rings. The molecule has 4 rings (SSSR count). The Hall–Kier alpha value is -4.06. The molecule has 0 radical (unpaired) electrons. The van der Waals surface area contributed by atoms with E-state index in [1.165, 1.54) is 48.5 Å². The van der Waals surface area contributed by atoms with Crippen LogP contribution in [0, 0.1) is 11.3 Å². The minimum Gasteiger partial charge on any atom is -0.326 e. The third-order valence-corrected chi connectivity index (χ3v) is 9.33. The van der Waals surface area contributed by atoms with Crippen LogP contribution in [0.3, 0.4) is 0 Å². The second-order valence-corrected chi connectivity index (χ2v) is 12.2. The molecule has 2 aromatic rings. The lowest BCUT2D eigenvalue weighted by Gasteiger charge is -2.34. The first-order chi connectivity index (χ1) is 20.2. The highest BCUT2D eigenvalue weighted by atomic mass is 32.2. The first-order valence-corrected chi connectivity index (χ1v) is 15.0. The zero-order valence-corrected chi connectivity index (χ0v) is 24.4. The highest BCUT2D eigenvalue weighted by Crippen LogP contribution is 2.37. The summed E-state index contributed by atoms with van der Waals surface area (Å²) in [4.78, 5) is 40.0. The number of halogens is 3. The molecule has 2 aliphatic heterocycles. The number of anilines is 2. The summed E-state index contributed by atoms with van der Waals surface area (Å²) in [7, 11) is -3.69. The van der Waals surface area contributed by atoms with Crippen LogP contribution in [-0.2, 0) is 30.6 Å². The van der Waals surface area contributed by atoms with Crippen LogP contribution in [-0.4, -0.2) is 68.1 Å². The van der Waals surface area contributed by atoms with Gasteiger partial charge in [0.05, 0.1) is 27.8 Å². The predicted molar refractivity (Wildman–Crippen MR) is 151 cm³/mol. The van der Waals surface area contributed by atoms with Crippen LogP contribution >= 0.6 is 0 Å². The molecule has 1 saturated heterocycles. The van der Waals surface area contributed by atoms with Gasteiger partial charge in [0.25, 0.3) is 11.8 Å². The van der Waals surface area contributed by atoms with E-state index in [1.54, 1.807) is 0 Å². The van der Waals surface area contributed by atoms with E-state index in [4.69, 9.17) is 5.26 Å². The Bertz CT molecular complexity index is 1610. The maximum absolute atomic E-state index is 13.4. The molecule has 43 heavy (non-hydrogen) atoms. The molecule has 0 aromatic heterocycles. The van der Waals surface area contributed by atoms with E-state index < -0.39 is 39.1 Å². The number of sulfonamides is 1. The van der Waals surface area contributed by atoms with Gasteiger partial charge in [-0.15, -0.1) is 0 Å². The number of amides is 3. The summed E-state index contributed by atoms with van der Waals surface area (Å²) >= 11 is 0. The molecule has 0 unspecified atom stereocenters. The molecule has 2 heterocycles. The summed E-state index contributed by atoms with van der Waals surface area (Å²) in [5, 5.41) is 11.6. The van der Waals surface area contributed by atoms with Crippen molar-refractivity contribution in [2.75, 3.05) is 42.9 Å². The number of benzene rings is 2. The normalized spacial score (nSPS) is 17.0. The number of nitrogens with one attached hydrogen (secondary N) is 1. The van der Waals surface area contributed by atoms with Crippen molar-refractivity contribution in [2.45, 2.75) is 44.2 Å². The Kier molecular flexibility index (Phi) is 9.38. The third kappa shape index (κ3) is 6.96. The van der Waals surface area contributed by atoms with Gasteiger partial charge in [0, 0.05) is 49.9 Å². The first-order valence-electron chi connectivity index (χ1n) is 13.5. The molecule has 0 saturated carbocycles. The quantitative estimate of drug-likeness (QED) is 0.334. The molecule has 0 aliphatic carbocycles. The van der Waals surface area contributed by atoms with Crippen LogP contribution in [0.5, 0.6) is 0 Å². The summed E-state index contributed by atoms with van der Waals surface area (Å²) in [6.07, 6.45) is -3.36. The van der Waals surface area contributed by atoms with Crippen LogP contribution in [0.2, 0.25) is 0 Å². The van der Waals surface area contributed by atoms with E-state index in [1.807, 2.05) is 0 Å². The molecule has 2 aliphatic rings. The average molecular weight is 618 g/mol. The first kappa shape index (κ1) is 31.9. The van der Waals surface area contributed by atoms with Crippen molar-refractivity contribution in [1.82, 2.24) is 9.21 Å². The second-order valence-electron chi connectivity index (χ2n) is 10.3. The number of imide groups is 1. The molecule has 228 valence electrons. The van der Waals surface area contributed by atoms with E-state index in [0.29, 0.717) is 62.2 Å². The van der Waals surface area contributed by atoms with Gasteiger partial charge in [-0.3, -0.25) is 14.4 Å². The topological polar surface area (TPSA) is 131 Å². The molecule has 0 bridgehead atoms. The Morgan fingerprint density at radius 2 is 1.65 bits per heavy atom. The second kappa shape index (κ2) is 12.7. The van der Waals surface area contributed by atoms with Gasteiger partial charge in [0.1, 0.15) is 0 Å². The van der Waals surface area contributed by atoms with Crippen molar-refractivity contribution in [1.29, 1.82) is 5.26 Å². The van der Waals surface area contributed by atoms with Crippen molar-refractivity contribution in [3.63, 3.8) is 0 Å². The SMILES string of the molecule is CC(=O)Nc1ccc(S(=O)(=O)N2CCN(CCCCC3=C(C)C(=O)N(c4ccc(C#N)c(C(F)(F)F)c4)C3=O)CC2)cc1. The lowest BCUT2D eigenvalue weighted by Crippen LogP contribution is -2.48. The Labute approximate surface area is 247 Å². The van der Waals surface area contributed by atoms with Crippen LogP contribution in [0.15, 0.2) is 58.5 Å².